The van der Waals surface area contributed by atoms with E-state index in [0.717, 1.165) is 0 Å². The monoisotopic (exact) mass is 445 g/mol. The van der Waals surface area contributed by atoms with E-state index in [9.17, 15) is 21.6 Å². The fraction of sp³-hybridized carbons (Fsp3) is 0.611. The molecule has 9 nitrogen and oxygen atoms in total. The summed E-state index contributed by atoms with van der Waals surface area (Å²) >= 11 is 0. The van der Waals surface area contributed by atoms with Gasteiger partial charge in [0.25, 0.3) is 0 Å². The van der Waals surface area contributed by atoms with Gasteiger partial charge in [0.2, 0.25) is 20.0 Å². The summed E-state index contributed by atoms with van der Waals surface area (Å²) in [7, 11) is -5.27. The van der Waals surface area contributed by atoms with Crippen molar-refractivity contribution < 1.29 is 26.4 Å². The van der Waals surface area contributed by atoms with Gasteiger partial charge in [-0.15, -0.1) is 0 Å². The first kappa shape index (κ1) is 22.0. The summed E-state index contributed by atoms with van der Waals surface area (Å²) in [6, 6.07) is 5.26. The lowest BCUT2D eigenvalue weighted by atomic mass is 10.2. The summed E-state index contributed by atoms with van der Waals surface area (Å²) < 4.78 is 59.6. The van der Waals surface area contributed by atoms with Crippen molar-refractivity contribution in [3.8, 4) is 0 Å². The zero-order valence-corrected chi connectivity index (χ0v) is 18.7. The molecule has 0 spiro atoms. The number of fused-ring (bicyclic) bond motifs is 1. The molecule has 2 fully saturated rings. The summed E-state index contributed by atoms with van der Waals surface area (Å²) in [5.41, 5.74) is -0.591. The van der Waals surface area contributed by atoms with Crippen LogP contribution in [-0.2, 0) is 24.8 Å². The number of rotatable bonds is 5. The smallest absolute Gasteiger partial charge is 0.410 e. The Balaban J connectivity index is 1.76. The molecule has 1 amide bonds. The number of benzene rings is 1. The Hall–Kier alpha value is -1.69. The van der Waals surface area contributed by atoms with E-state index in [1.165, 1.54) is 42.7 Å². The van der Waals surface area contributed by atoms with Crippen LogP contribution in [-0.4, -0.2) is 71.0 Å². The van der Waals surface area contributed by atoms with Crippen molar-refractivity contribution in [1.82, 2.24) is 13.9 Å². The van der Waals surface area contributed by atoms with Crippen LogP contribution >= 0.6 is 0 Å². The lowest BCUT2D eigenvalue weighted by molar-refractivity contribution is 0.0265. The zero-order valence-electron chi connectivity index (χ0n) is 17.1. The number of nitrogens with one attached hydrogen (secondary N) is 1. The van der Waals surface area contributed by atoms with Gasteiger partial charge >= 0.3 is 6.09 Å². The fourth-order valence-electron chi connectivity index (χ4n) is 3.82. The molecule has 1 aliphatic heterocycles. The summed E-state index contributed by atoms with van der Waals surface area (Å²) in [4.78, 5) is 13.3. The van der Waals surface area contributed by atoms with Crippen LogP contribution in [0.4, 0.5) is 4.79 Å². The number of carbonyl (C=O) groups is 1. The quantitative estimate of drug-likeness (QED) is 0.726. The SMILES string of the molecule is CNS(=O)(=O)c1ccccc1S(=O)(=O)N(C)C1[C@H]2CN(C(=O)OC(C)(C)C)C[C@@H]12. The summed E-state index contributed by atoms with van der Waals surface area (Å²) in [5, 5.41) is 0. The van der Waals surface area contributed by atoms with Crippen molar-refractivity contribution in [2.45, 2.75) is 42.2 Å². The second kappa shape index (κ2) is 7.22. The second-order valence-electron chi connectivity index (χ2n) is 8.38. The predicted octanol–water partition coefficient (Wildman–Crippen LogP) is 1.08. The zero-order chi connectivity index (χ0) is 21.8. The molecule has 1 saturated heterocycles. The Bertz CT molecular complexity index is 1000. The fourth-order valence-corrected chi connectivity index (χ4v) is 6.79. The third kappa shape index (κ3) is 4.14. The minimum Gasteiger partial charge on any atom is -0.444 e. The second-order valence-corrected chi connectivity index (χ2v) is 12.2. The Morgan fingerprint density at radius 1 is 1.10 bits per heavy atom. The molecule has 1 N–H and O–H groups in total. The highest BCUT2D eigenvalue weighted by Crippen LogP contribution is 2.50. The van der Waals surface area contributed by atoms with Gasteiger partial charge in [-0.3, -0.25) is 0 Å². The minimum absolute atomic E-state index is 0.00960. The number of carbonyl (C=O) groups excluding carboxylic acids is 1. The van der Waals surface area contributed by atoms with Gasteiger partial charge in [-0.2, -0.15) is 4.31 Å². The van der Waals surface area contributed by atoms with Crippen molar-refractivity contribution in [2.24, 2.45) is 11.8 Å². The van der Waals surface area contributed by atoms with Gasteiger partial charge in [0.1, 0.15) is 15.4 Å². The topological polar surface area (TPSA) is 113 Å². The van der Waals surface area contributed by atoms with Gasteiger partial charge in [-0.05, 0) is 51.8 Å². The molecule has 0 radical (unpaired) electrons. The largest absolute Gasteiger partial charge is 0.444 e. The van der Waals surface area contributed by atoms with Crippen molar-refractivity contribution in [1.29, 1.82) is 0 Å². The van der Waals surface area contributed by atoms with Gasteiger partial charge < -0.3 is 9.64 Å². The summed E-state index contributed by atoms with van der Waals surface area (Å²) in [6.07, 6.45) is -0.403. The first-order valence-corrected chi connectivity index (χ1v) is 12.2. The number of ether oxygens (including phenoxy) is 1. The number of hydrogen-bond donors (Lipinski definition) is 1. The molecule has 1 aliphatic carbocycles. The van der Waals surface area contributed by atoms with E-state index in [4.69, 9.17) is 4.74 Å². The highest BCUT2D eigenvalue weighted by molar-refractivity contribution is 7.92. The normalized spacial score (nSPS) is 24.5. The van der Waals surface area contributed by atoms with E-state index in [0.29, 0.717) is 13.1 Å². The summed E-state index contributed by atoms with van der Waals surface area (Å²) in [5.74, 6) is 0.0192. The highest BCUT2D eigenvalue weighted by atomic mass is 32.2. The molecule has 3 rings (SSSR count). The van der Waals surface area contributed by atoms with Crippen LogP contribution in [0, 0.1) is 11.8 Å². The maximum absolute atomic E-state index is 13.2. The predicted molar refractivity (Wildman–Crippen MR) is 106 cm³/mol. The molecule has 3 atom stereocenters. The van der Waals surface area contributed by atoms with Crippen molar-refractivity contribution in [3.63, 3.8) is 0 Å². The Morgan fingerprint density at radius 2 is 1.62 bits per heavy atom. The average Bonchev–Trinajstić information content (AvgIpc) is 3.11. The number of nitrogens with zero attached hydrogens (tertiary/aromatic N) is 2. The maximum atomic E-state index is 13.2. The summed E-state index contributed by atoms with van der Waals surface area (Å²) in [6.45, 7) is 6.21. The molecular formula is C18H27N3O6S2. The van der Waals surface area contributed by atoms with Crippen LogP contribution < -0.4 is 4.72 Å². The lowest BCUT2D eigenvalue weighted by Crippen LogP contribution is -2.41. The van der Waals surface area contributed by atoms with E-state index in [2.05, 4.69) is 4.72 Å². The van der Waals surface area contributed by atoms with Crippen LogP contribution in [0.1, 0.15) is 20.8 Å². The Kier molecular flexibility index (Phi) is 5.48. The molecule has 1 aromatic rings. The lowest BCUT2D eigenvalue weighted by Gasteiger charge is -2.27. The molecule has 162 valence electrons. The van der Waals surface area contributed by atoms with Crippen molar-refractivity contribution in [2.75, 3.05) is 27.2 Å². The first-order valence-electron chi connectivity index (χ1n) is 9.28. The molecule has 2 aliphatic rings. The average molecular weight is 446 g/mol. The van der Waals surface area contributed by atoms with Crippen molar-refractivity contribution >= 4 is 26.1 Å². The highest BCUT2D eigenvalue weighted by Gasteiger charge is 2.61. The number of likely N-dealkylation sites (tertiary alicyclic amines) is 1. The molecule has 1 aromatic carbocycles. The molecule has 1 heterocycles. The van der Waals surface area contributed by atoms with Gasteiger partial charge in [-0.1, -0.05) is 12.1 Å². The molecule has 11 heteroatoms. The molecular weight excluding hydrogens is 418 g/mol. The van der Waals surface area contributed by atoms with Crippen molar-refractivity contribution in [3.05, 3.63) is 24.3 Å². The molecule has 29 heavy (non-hydrogen) atoms. The van der Waals surface area contributed by atoms with E-state index >= 15 is 0 Å². The van der Waals surface area contributed by atoms with E-state index < -0.39 is 31.7 Å². The number of piperidine rings is 1. The Labute approximate surface area is 172 Å². The van der Waals surface area contributed by atoms with Gasteiger partial charge in [0, 0.05) is 26.2 Å². The standard InChI is InChI=1S/C18H27N3O6S2/c1-18(2,3)27-17(22)21-10-12-13(11-21)16(12)20(5)29(25,26)15-9-7-6-8-14(15)28(23,24)19-4/h6-9,12-13,16,19H,10-11H2,1-5H3/t12-,13+,16?. The first-order chi connectivity index (χ1) is 13.3. The maximum Gasteiger partial charge on any atom is 0.410 e. The molecule has 1 unspecified atom stereocenters. The van der Waals surface area contributed by atoms with E-state index in [1.54, 1.807) is 25.7 Å². The molecule has 1 saturated carbocycles. The van der Waals surface area contributed by atoms with Crippen LogP contribution in [0.5, 0.6) is 0 Å². The molecule has 0 aromatic heterocycles. The Morgan fingerprint density at radius 3 is 2.10 bits per heavy atom. The third-order valence-corrected chi connectivity index (χ3v) is 8.80. The van der Waals surface area contributed by atoms with Crippen LogP contribution in [0.2, 0.25) is 0 Å². The van der Waals surface area contributed by atoms with Gasteiger partial charge in [-0.25, -0.2) is 26.4 Å². The van der Waals surface area contributed by atoms with Gasteiger partial charge in [0.05, 0.1) is 0 Å². The van der Waals surface area contributed by atoms with Gasteiger partial charge in [0.15, 0.2) is 0 Å². The number of sulfonamides is 2. The van der Waals surface area contributed by atoms with E-state index in [1.807, 2.05) is 0 Å². The minimum atomic E-state index is -4.03. The van der Waals surface area contributed by atoms with E-state index in [-0.39, 0.29) is 27.7 Å². The number of hydrogen-bond acceptors (Lipinski definition) is 6. The number of amides is 1. The van der Waals surface area contributed by atoms with Crippen LogP contribution in [0.15, 0.2) is 34.1 Å². The molecule has 0 bridgehead atoms. The third-order valence-electron chi connectivity index (χ3n) is 5.28. The van der Waals surface area contributed by atoms with Crippen LogP contribution in [0.3, 0.4) is 0 Å². The van der Waals surface area contributed by atoms with Crippen LogP contribution in [0.25, 0.3) is 0 Å².